The summed E-state index contributed by atoms with van der Waals surface area (Å²) < 4.78 is 11.3. The first-order valence-corrected chi connectivity index (χ1v) is 7.41. The molecule has 9 nitrogen and oxygen atoms in total. The predicted octanol–water partition coefficient (Wildman–Crippen LogP) is 2.09. The highest BCUT2D eigenvalue weighted by molar-refractivity contribution is 6.04. The Kier molecular flexibility index (Phi) is 5.60. The van der Waals surface area contributed by atoms with E-state index in [1.807, 2.05) is 0 Å². The maximum absolute atomic E-state index is 12.3. The first-order valence-electron chi connectivity index (χ1n) is 7.41. The Labute approximate surface area is 143 Å². The van der Waals surface area contributed by atoms with Crippen LogP contribution in [-0.4, -0.2) is 51.8 Å². The molecule has 0 aliphatic carbocycles. The Bertz CT molecular complexity index is 786. The molecule has 0 fully saturated rings. The van der Waals surface area contributed by atoms with Crippen molar-refractivity contribution in [3.05, 3.63) is 35.5 Å². The molecular weight excluding hydrogens is 330 g/mol. The summed E-state index contributed by atoms with van der Waals surface area (Å²) in [5, 5.41) is 25.0. The average molecular weight is 349 g/mol. The van der Waals surface area contributed by atoms with Crippen LogP contribution >= 0.6 is 0 Å². The molecule has 134 valence electrons. The SMILES string of the molecule is COC[C@H](C)Oc1cc(O)cc(C(=O)Nc2cc(C)n(C(=O)O)n2)c1. The molecule has 3 N–H and O–H groups in total. The van der Waals surface area contributed by atoms with Crippen LogP contribution in [0.5, 0.6) is 11.5 Å². The number of aromatic nitrogens is 2. The zero-order valence-electron chi connectivity index (χ0n) is 14.0. The van der Waals surface area contributed by atoms with Gasteiger partial charge in [-0.1, -0.05) is 0 Å². The number of benzene rings is 1. The number of anilines is 1. The molecule has 25 heavy (non-hydrogen) atoms. The average Bonchev–Trinajstić information content (AvgIpc) is 2.87. The number of rotatable bonds is 6. The summed E-state index contributed by atoms with van der Waals surface area (Å²) in [4.78, 5) is 23.3. The fourth-order valence-electron chi connectivity index (χ4n) is 2.20. The second-order valence-corrected chi connectivity index (χ2v) is 5.42. The van der Waals surface area contributed by atoms with E-state index in [2.05, 4.69) is 10.4 Å². The zero-order chi connectivity index (χ0) is 18.6. The highest BCUT2D eigenvalue weighted by Crippen LogP contribution is 2.23. The van der Waals surface area contributed by atoms with Crippen molar-refractivity contribution >= 4 is 17.8 Å². The van der Waals surface area contributed by atoms with Gasteiger partial charge in [0.1, 0.15) is 17.6 Å². The Morgan fingerprint density at radius 1 is 1.32 bits per heavy atom. The van der Waals surface area contributed by atoms with E-state index in [-0.39, 0.29) is 23.2 Å². The fourth-order valence-corrected chi connectivity index (χ4v) is 2.20. The molecule has 1 aromatic heterocycles. The van der Waals surface area contributed by atoms with Gasteiger partial charge in [0.05, 0.1) is 6.61 Å². The molecule has 0 saturated heterocycles. The van der Waals surface area contributed by atoms with Gasteiger partial charge in [-0.25, -0.2) is 4.79 Å². The van der Waals surface area contributed by atoms with E-state index in [0.29, 0.717) is 18.1 Å². The van der Waals surface area contributed by atoms with Gasteiger partial charge in [-0.15, -0.1) is 5.10 Å². The minimum absolute atomic E-state index is 0.0865. The van der Waals surface area contributed by atoms with E-state index >= 15 is 0 Å². The molecule has 0 saturated carbocycles. The van der Waals surface area contributed by atoms with E-state index in [9.17, 15) is 14.7 Å². The molecule has 0 aliphatic heterocycles. The fraction of sp³-hybridized carbons (Fsp3) is 0.312. The molecule has 0 unspecified atom stereocenters. The second-order valence-electron chi connectivity index (χ2n) is 5.42. The van der Waals surface area contributed by atoms with Crippen molar-refractivity contribution in [2.24, 2.45) is 0 Å². The molecular formula is C16H19N3O6. The largest absolute Gasteiger partial charge is 0.508 e. The highest BCUT2D eigenvalue weighted by atomic mass is 16.5. The van der Waals surface area contributed by atoms with Crippen molar-refractivity contribution in [3.63, 3.8) is 0 Å². The summed E-state index contributed by atoms with van der Waals surface area (Å²) in [6.07, 6.45) is -1.52. The Hall–Kier alpha value is -3.07. The van der Waals surface area contributed by atoms with Crippen molar-refractivity contribution in [2.75, 3.05) is 19.0 Å². The van der Waals surface area contributed by atoms with Gasteiger partial charge in [-0.3, -0.25) is 4.79 Å². The topological polar surface area (TPSA) is 123 Å². The summed E-state index contributed by atoms with van der Waals surface area (Å²) in [7, 11) is 1.54. The number of carboxylic acid groups (broad SMARTS) is 1. The van der Waals surface area contributed by atoms with Gasteiger partial charge in [0.15, 0.2) is 5.82 Å². The van der Waals surface area contributed by atoms with Crippen LogP contribution in [0.4, 0.5) is 10.6 Å². The number of aromatic hydroxyl groups is 1. The summed E-state index contributed by atoms with van der Waals surface area (Å²) in [6, 6.07) is 5.53. The lowest BCUT2D eigenvalue weighted by molar-refractivity contribution is 0.0915. The molecule has 0 spiro atoms. The van der Waals surface area contributed by atoms with E-state index < -0.39 is 12.0 Å². The second kappa shape index (κ2) is 7.67. The van der Waals surface area contributed by atoms with Crippen LogP contribution in [-0.2, 0) is 4.74 Å². The molecule has 1 atom stereocenters. The standard InChI is InChI=1S/C16H19N3O6/c1-9-4-14(18-19(9)16(22)23)17-15(21)11-5-12(20)7-13(6-11)25-10(2)8-24-3/h4-7,10,20H,8H2,1-3H3,(H,22,23)(H,17,18,21)/t10-/m0/s1. The van der Waals surface area contributed by atoms with Gasteiger partial charge in [0.25, 0.3) is 5.91 Å². The Morgan fingerprint density at radius 2 is 2.04 bits per heavy atom. The Morgan fingerprint density at radius 3 is 2.64 bits per heavy atom. The third-order valence-electron chi connectivity index (χ3n) is 3.20. The predicted molar refractivity (Wildman–Crippen MR) is 88.4 cm³/mol. The van der Waals surface area contributed by atoms with E-state index in [4.69, 9.17) is 14.6 Å². The molecule has 1 aromatic carbocycles. The smallest absolute Gasteiger partial charge is 0.432 e. The van der Waals surface area contributed by atoms with Gasteiger partial charge in [0, 0.05) is 30.5 Å². The zero-order valence-corrected chi connectivity index (χ0v) is 14.0. The highest BCUT2D eigenvalue weighted by Gasteiger charge is 2.15. The third-order valence-corrected chi connectivity index (χ3v) is 3.20. The van der Waals surface area contributed by atoms with Crippen LogP contribution in [0, 0.1) is 6.92 Å². The van der Waals surface area contributed by atoms with Crippen LogP contribution in [0.2, 0.25) is 0 Å². The number of carbonyl (C=O) groups excluding carboxylic acids is 1. The minimum Gasteiger partial charge on any atom is -0.508 e. The molecule has 1 amide bonds. The van der Waals surface area contributed by atoms with Gasteiger partial charge < -0.3 is 25.0 Å². The lowest BCUT2D eigenvalue weighted by Gasteiger charge is -2.14. The quantitative estimate of drug-likeness (QED) is 0.729. The van der Waals surface area contributed by atoms with Crippen LogP contribution in [0.1, 0.15) is 23.0 Å². The van der Waals surface area contributed by atoms with E-state index in [1.165, 1.54) is 24.3 Å². The number of hydrogen-bond acceptors (Lipinski definition) is 6. The number of nitrogens with one attached hydrogen (secondary N) is 1. The van der Waals surface area contributed by atoms with Crippen LogP contribution in [0.15, 0.2) is 24.3 Å². The van der Waals surface area contributed by atoms with Crippen molar-refractivity contribution in [1.29, 1.82) is 0 Å². The number of phenolic OH excluding ortho intramolecular Hbond substituents is 1. The lowest BCUT2D eigenvalue weighted by atomic mass is 10.2. The van der Waals surface area contributed by atoms with Crippen molar-refractivity contribution in [2.45, 2.75) is 20.0 Å². The first-order chi connectivity index (χ1) is 11.8. The maximum atomic E-state index is 12.3. The number of hydrogen-bond donors (Lipinski definition) is 3. The van der Waals surface area contributed by atoms with E-state index in [0.717, 1.165) is 4.68 Å². The number of carbonyl (C=O) groups is 2. The van der Waals surface area contributed by atoms with Gasteiger partial charge in [-0.05, 0) is 26.0 Å². The van der Waals surface area contributed by atoms with Crippen LogP contribution in [0.25, 0.3) is 0 Å². The van der Waals surface area contributed by atoms with Crippen LogP contribution < -0.4 is 10.1 Å². The van der Waals surface area contributed by atoms with Crippen molar-refractivity contribution in [3.8, 4) is 11.5 Å². The Balaban J connectivity index is 2.17. The summed E-state index contributed by atoms with van der Waals surface area (Å²) in [5.74, 6) is -0.305. The van der Waals surface area contributed by atoms with Crippen molar-refractivity contribution < 1.29 is 29.3 Å². The lowest BCUT2D eigenvalue weighted by Crippen LogP contribution is -2.18. The number of nitrogens with zero attached hydrogens (tertiary/aromatic N) is 2. The van der Waals surface area contributed by atoms with E-state index in [1.54, 1.807) is 21.0 Å². The molecule has 0 aliphatic rings. The molecule has 0 bridgehead atoms. The monoisotopic (exact) mass is 349 g/mol. The number of ether oxygens (including phenoxy) is 2. The molecule has 1 heterocycles. The normalized spacial score (nSPS) is 11.8. The summed E-state index contributed by atoms with van der Waals surface area (Å²) in [6.45, 7) is 3.69. The van der Waals surface area contributed by atoms with Gasteiger partial charge in [0.2, 0.25) is 0 Å². The van der Waals surface area contributed by atoms with Gasteiger partial charge >= 0.3 is 6.09 Å². The summed E-state index contributed by atoms with van der Waals surface area (Å²) >= 11 is 0. The number of aryl methyl sites for hydroxylation is 1. The molecule has 2 aromatic rings. The molecule has 2 rings (SSSR count). The van der Waals surface area contributed by atoms with Gasteiger partial charge in [-0.2, -0.15) is 4.68 Å². The molecule has 0 radical (unpaired) electrons. The number of methoxy groups -OCH3 is 1. The molecule has 9 heteroatoms. The number of phenols is 1. The first kappa shape index (κ1) is 18.3. The minimum atomic E-state index is -1.25. The maximum Gasteiger partial charge on any atom is 0.432 e. The van der Waals surface area contributed by atoms with Crippen molar-refractivity contribution in [1.82, 2.24) is 9.78 Å². The third kappa shape index (κ3) is 4.70. The number of amides is 1. The summed E-state index contributed by atoms with van der Waals surface area (Å²) in [5.41, 5.74) is 0.498. The van der Waals surface area contributed by atoms with Crippen LogP contribution in [0.3, 0.4) is 0 Å².